The molecule has 3 aromatic rings. The molecule has 0 unspecified atom stereocenters. The van der Waals surface area contributed by atoms with Crippen LogP contribution < -0.4 is 5.32 Å². The van der Waals surface area contributed by atoms with Crippen LogP contribution in [0.1, 0.15) is 25.7 Å². The van der Waals surface area contributed by atoms with Crippen LogP contribution >= 0.6 is 11.3 Å². The van der Waals surface area contributed by atoms with E-state index in [1.165, 1.54) is 11.3 Å². The summed E-state index contributed by atoms with van der Waals surface area (Å²) in [6, 6.07) is 21.8. The molecule has 5 nitrogen and oxygen atoms in total. The third-order valence-electron chi connectivity index (χ3n) is 5.07. The van der Waals surface area contributed by atoms with Crippen LogP contribution in [-0.2, 0) is 16.8 Å². The molecule has 29 heavy (non-hydrogen) atoms. The first-order chi connectivity index (χ1) is 14.0. The summed E-state index contributed by atoms with van der Waals surface area (Å²) in [6.45, 7) is 1.64. The van der Waals surface area contributed by atoms with Crippen molar-refractivity contribution in [2.45, 2.75) is 18.9 Å². The van der Waals surface area contributed by atoms with Gasteiger partial charge < -0.3 is 5.32 Å². The SMILES string of the molecule is Cc1ccc(C(=O)CN2C(=O)N[C@](Cc3ccccc3)(c3ccccc3)C2=O)s1. The fourth-order valence-corrected chi connectivity index (χ4v) is 4.42. The van der Waals surface area contributed by atoms with E-state index >= 15 is 0 Å². The number of urea groups is 1. The molecule has 1 atom stereocenters. The number of nitrogens with zero attached hydrogens (tertiary/aromatic N) is 1. The first kappa shape index (κ1) is 19.1. The van der Waals surface area contributed by atoms with E-state index in [1.54, 1.807) is 6.07 Å². The zero-order valence-corrected chi connectivity index (χ0v) is 16.7. The second kappa shape index (κ2) is 7.64. The molecule has 3 amide bonds. The summed E-state index contributed by atoms with van der Waals surface area (Å²) >= 11 is 1.36. The molecule has 1 fully saturated rings. The van der Waals surface area contributed by atoms with Gasteiger partial charge in [-0.05, 0) is 30.2 Å². The summed E-state index contributed by atoms with van der Waals surface area (Å²) in [4.78, 5) is 41.5. The Morgan fingerprint density at radius 2 is 1.62 bits per heavy atom. The van der Waals surface area contributed by atoms with Gasteiger partial charge in [0.2, 0.25) is 0 Å². The van der Waals surface area contributed by atoms with E-state index in [-0.39, 0.29) is 12.3 Å². The molecule has 1 aliphatic rings. The number of thiophene rings is 1. The lowest BCUT2D eigenvalue weighted by atomic mass is 9.83. The summed E-state index contributed by atoms with van der Waals surface area (Å²) < 4.78 is 0. The average Bonchev–Trinajstić information content (AvgIpc) is 3.27. The third-order valence-corrected chi connectivity index (χ3v) is 6.11. The van der Waals surface area contributed by atoms with E-state index in [2.05, 4.69) is 5.32 Å². The normalized spacial score (nSPS) is 18.7. The molecule has 1 N–H and O–H groups in total. The Morgan fingerprint density at radius 1 is 0.966 bits per heavy atom. The third kappa shape index (κ3) is 3.59. The lowest BCUT2D eigenvalue weighted by molar-refractivity contribution is -0.131. The number of rotatable bonds is 6. The average molecular weight is 404 g/mol. The van der Waals surface area contributed by atoms with Crippen molar-refractivity contribution in [1.82, 2.24) is 10.2 Å². The molecule has 4 rings (SSSR count). The zero-order chi connectivity index (χ0) is 20.4. The molecule has 146 valence electrons. The summed E-state index contributed by atoms with van der Waals surface area (Å²) in [5.41, 5.74) is 0.391. The molecule has 0 radical (unpaired) electrons. The Kier molecular flexibility index (Phi) is 5.03. The van der Waals surface area contributed by atoms with Crippen LogP contribution in [0.25, 0.3) is 0 Å². The fourth-order valence-electron chi connectivity index (χ4n) is 3.62. The van der Waals surface area contributed by atoms with Crippen LogP contribution in [0.5, 0.6) is 0 Å². The van der Waals surface area contributed by atoms with E-state index < -0.39 is 17.5 Å². The summed E-state index contributed by atoms with van der Waals surface area (Å²) in [5, 5.41) is 2.88. The van der Waals surface area contributed by atoms with Crippen molar-refractivity contribution < 1.29 is 14.4 Å². The predicted octanol–water partition coefficient (Wildman–Crippen LogP) is 3.93. The van der Waals surface area contributed by atoms with Crippen LogP contribution in [0.3, 0.4) is 0 Å². The Hall–Kier alpha value is -3.25. The topological polar surface area (TPSA) is 66.5 Å². The van der Waals surface area contributed by atoms with Crippen molar-refractivity contribution in [3.05, 3.63) is 93.7 Å². The van der Waals surface area contributed by atoms with Gasteiger partial charge in [0.15, 0.2) is 11.3 Å². The van der Waals surface area contributed by atoms with Crippen LogP contribution in [0, 0.1) is 6.92 Å². The standard InChI is InChI=1S/C23H20N2O3S/c1-16-12-13-20(29-16)19(26)15-25-21(27)23(24-22(25)28,18-10-6-3-7-11-18)14-17-8-4-2-5-9-17/h2-13H,14-15H2,1H3,(H,24,28)/t23-/m1/s1. The van der Waals surface area contributed by atoms with Gasteiger partial charge in [-0.1, -0.05) is 60.7 Å². The molecular weight excluding hydrogens is 384 g/mol. The Bertz CT molecular complexity index is 1060. The number of hydrogen-bond donors (Lipinski definition) is 1. The first-order valence-corrected chi connectivity index (χ1v) is 10.1. The molecule has 0 spiro atoms. The minimum Gasteiger partial charge on any atom is -0.319 e. The number of nitrogens with one attached hydrogen (secondary N) is 1. The highest BCUT2D eigenvalue weighted by Crippen LogP contribution is 2.33. The number of hydrogen-bond acceptors (Lipinski definition) is 4. The molecule has 0 saturated carbocycles. The maximum absolute atomic E-state index is 13.5. The second-order valence-electron chi connectivity index (χ2n) is 7.09. The first-order valence-electron chi connectivity index (χ1n) is 9.33. The van der Waals surface area contributed by atoms with Crippen molar-refractivity contribution >= 4 is 29.1 Å². The summed E-state index contributed by atoms with van der Waals surface area (Å²) in [7, 11) is 0. The maximum Gasteiger partial charge on any atom is 0.325 e. The van der Waals surface area contributed by atoms with Crippen LogP contribution in [0.15, 0.2) is 72.8 Å². The van der Waals surface area contributed by atoms with Gasteiger partial charge in [-0.3, -0.25) is 14.5 Å². The van der Waals surface area contributed by atoms with Gasteiger partial charge in [0.25, 0.3) is 5.91 Å². The van der Waals surface area contributed by atoms with E-state index in [9.17, 15) is 14.4 Å². The highest BCUT2D eigenvalue weighted by Gasteiger charge is 2.52. The largest absolute Gasteiger partial charge is 0.325 e. The molecule has 1 aliphatic heterocycles. The second-order valence-corrected chi connectivity index (χ2v) is 8.38. The highest BCUT2D eigenvalue weighted by atomic mass is 32.1. The zero-order valence-electron chi connectivity index (χ0n) is 15.9. The highest BCUT2D eigenvalue weighted by molar-refractivity contribution is 7.14. The van der Waals surface area contributed by atoms with Crippen LogP contribution in [0.2, 0.25) is 0 Å². The van der Waals surface area contributed by atoms with Gasteiger partial charge in [0, 0.05) is 11.3 Å². The van der Waals surface area contributed by atoms with E-state index in [4.69, 9.17) is 0 Å². The number of aryl methyl sites for hydroxylation is 1. The lowest BCUT2D eigenvalue weighted by Crippen LogP contribution is -2.46. The Morgan fingerprint density at radius 3 is 2.24 bits per heavy atom. The summed E-state index contributed by atoms with van der Waals surface area (Å²) in [5.74, 6) is -0.644. The van der Waals surface area contributed by atoms with Crippen molar-refractivity contribution in [2.75, 3.05) is 6.54 Å². The summed E-state index contributed by atoms with van der Waals surface area (Å²) in [6.07, 6.45) is 0.311. The number of carbonyl (C=O) groups excluding carboxylic acids is 3. The quantitative estimate of drug-likeness (QED) is 0.500. The molecule has 1 aromatic heterocycles. The lowest BCUT2D eigenvalue weighted by Gasteiger charge is -2.27. The Balaban J connectivity index is 1.68. The van der Waals surface area contributed by atoms with Gasteiger partial charge >= 0.3 is 6.03 Å². The minimum atomic E-state index is -1.23. The maximum atomic E-state index is 13.5. The van der Waals surface area contributed by atoms with Gasteiger partial charge in [-0.2, -0.15) is 0 Å². The number of Topliss-reactive ketones (excluding diaryl/α,β-unsaturated/α-hetero) is 1. The number of imide groups is 1. The predicted molar refractivity (Wildman–Crippen MR) is 112 cm³/mol. The van der Waals surface area contributed by atoms with Gasteiger partial charge in [0.1, 0.15) is 0 Å². The van der Waals surface area contributed by atoms with E-state index in [1.807, 2.05) is 73.7 Å². The number of ketones is 1. The van der Waals surface area contributed by atoms with Gasteiger partial charge in [0.05, 0.1) is 11.4 Å². The van der Waals surface area contributed by atoms with Crippen molar-refractivity contribution in [1.29, 1.82) is 0 Å². The molecular formula is C23H20N2O3S. The van der Waals surface area contributed by atoms with E-state index in [0.29, 0.717) is 16.9 Å². The van der Waals surface area contributed by atoms with Crippen LogP contribution in [0.4, 0.5) is 4.79 Å². The number of benzene rings is 2. The smallest absolute Gasteiger partial charge is 0.319 e. The molecule has 2 heterocycles. The van der Waals surface area contributed by atoms with Crippen molar-refractivity contribution in [3.8, 4) is 0 Å². The molecule has 0 aliphatic carbocycles. The molecule has 0 bridgehead atoms. The molecule has 2 aromatic carbocycles. The Labute approximate surface area is 173 Å². The van der Waals surface area contributed by atoms with Gasteiger partial charge in [-0.15, -0.1) is 11.3 Å². The number of carbonyl (C=O) groups is 3. The van der Waals surface area contributed by atoms with Crippen molar-refractivity contribution in [3.63, 3.8) is 0 Å². The fraction of sp³-hybridized carbons (Fsp3) is 0.174. The molecule has 6 heteroatoms. The number of amides is 3. The van der Waals surface area contributed by atoms with E-state index in [0.717, 1.165) is 15.3 Å². The van der Waals surface area contributed by atoms with Crippen LogP contribution in [-0.4, -0.2) is 29.2 Å². The molecule has 1 saturated heterocycles. The van der Waals surface area contributed by atoms with Crippen molar-refractivity contribution in [2.24, 2.45) is 0 Å². The van der Waals surface area contributed by atoms with Gasteiger partial charge in [-0.25, -0.2) is 4.79 Å². The monoisotopic (exact) mass is 404 g/mol. The minimum absolute atomic E-state index is 0.241.